The Morgan fingerprint density at radius 3 is 3.15 bits per heavy atom. The summed E-state index contributed by atoms with van der Waals surface area (Å²) < 4.78 is 4.98. The number of nitrogens with one attached hydrogen (secondary N) is 2. The zero-order valence-corrected chi connectivity index (χ0v) is 8.10. The highest BCUT2D eigenvalue weighted by Crippen LogP contribution is 2.06. The predicted octanol–water partition coefficient (Wildman–Crippen LogP) is 0.754. The van der Waals surface area contributed by atoms with Crippen LogP contribution in [-0.4, -0.2) is 28.9 Å². The van der Waals surface area contributed by atoms with Crippen LogP contribution in [0, 0.1) is 5.41 Å². The van der Waals surface area contributed by atoms with E-state index in [1.807, 2.05) is 6.26 Å². The Morgan fingerprint density at radius 2 is 2.69 bits per heavy atom. The highest BCUT2D eigenvalue weighted by molar-refractivity contribution is 7.98. The molecule has 0 aliphatic carbocycles. The molecule has 72 valence electrons. The quantitative estimate of drug-likeness (QED) is 0.482. The minimum Gasteiger partial charge on any atom is -0.432 e. The number of anilines is 1. The van der Waals surface area contributed by atoms with Crippen LogP contribution < -0.4 is 11.1 Å². The van der Waals surface area contributed by atoms with Gasteiger partial charge in [-0.3, -0.25) is 5.41 Å². The van der Waals surface area contributed by atoms with Crippen molar-refractivity contribution >= 4 is 23.6 Å². The van der Waals surface area contributed by atoms with Crippen LogP contribution in [0.4, 0.5) is 6.01 Å². The van der Waals surface area contributed by atoms with Crippen molar-refractivity contribution in [2.45, 2.75) is 6.04 Å². The predicted molar refractivity (Wildman–Crippen MR) is 54.2 cm³/mol. The number of oxazole rings is 1. The summed E-state index contributed by atoms with van der Waals surface area (Å²) in [7, 11) is 0. The molecule has 13 heavy (non-hydrogen) atoms. The molecular weight excluding hydrogens is 188 g/mol. The van der Waals surface area contributed by atoms with Crippen molar-refractivity contribution in [2.75, 3.05) is 17.3 Å². The molecule has 1 unspecified atom stereocenters. The van der Waals surface area contributed by atoms with Gasteiger partial charge in [0.1, 0.15) is 12.1 Å². The second kappa shape index (κ2) is 4.76. The molecule has 0 fully saturated rings. The summed E-state index contributed by atoms with van der Waals surface area (Å²) in [6.07, 6.45) is 4.96. The lowest BCUT2D eigenvalue weighted by atomic mass is 10.3. The zero-order valence-electron chi connectivity index (χ0n) is 7.28. The molecule has 0 aromatic carbocycles. The van der Waals surface area contributed by atoms with E-state index in [1.165, 1.54) is 6.26 Å². The Morgan fingerprint density at radius 1 is 1.92 bits per heavy atom. The van der Waals surface area contributed by atoms with Crippen LogP contribution in [0.15, 0.2) is 16.9 Å². The highest BCUT2D eigenvalue weighted by Gasteiger charge is 2.12. The molecule has 1 atom stereocenters. The maximum absolute atomic E-state index is 7.29. The maximum Gasteiger partial charge on any atom is 0.295 e. The van der Waals surface area contributed by atoms with Gasteiger partial charge < -0.3 is 15.5 Å². The van der Waals surface area contributed by atoms with Crippen molar-refractivity contribution in [3.8, 4) is 0 Å². The number of amidine groups is 1. The summed E-state index contributed by atoms with van der Waals surface area (Å²) >= 11 is 1.61. The Kier molecular flexibility index (Phi) is 3.63. The van der Waals surface area contributed by atoms with Gasteiger partial charge in [0.05, 0.1) is 12.2 Å². The van der Waals surface area contributed by atoms with Gasteiger partial charge in [0.25, 0.3) is 6.01 Å². The van der Waals surface area contributed by atoms with Crippen LogP contribution in [0.2, 0.25) is 0 Å². The van der Waals surface area contributed by atoms with Gasteiger partial charge in [0, 0.05) is 5.75 Å². The van der Waals surface area contributed by atoms with Gasteiger partial charge in [-0.1, -0.05) is 0 Å². The second-order valence-electron chi connectivity index (χ2n) is 2.44. The third-order valence-corrected chi connectivity index (χ3v) is 2.11. The van der Waals surface area contributed by atoms with E-state index in [4.69, 9.17) is 15.6 Å². The van der Waals surface area contributed by atoms with Crippen molar-refractivity contribution in [1.29, 1.82) is 5.41 Å². The smallest absolute Gasteiger partial charge is 0.295 e. The van der Waals surface area contributed by atoms with Crippen LogP contribution in [0.5, 0.6) is 0 Å². The fourth-order valence-electron chi connectivity index (χ4n) is 0.820. The first-order valence-electron chi connectivity index (χ1n) is 3.73. The summed E-state index contributed by atoms with van der Waals surface area (Å²) in [4.78, 5) is 3.88. The number of nitrogens with two attached hydrogens (primary N) is 1. The van der Waals surface area contributed by atoms with E-state index in [-0.39, 0.29) is 11.9 Å². The second-order valence-corrected chi connectivity index (χ2v) is 3.36. The first-order chi connectivity index (χ1) is 6.24. The van der Waals surface area contributed by atoms with Crippen LogP contribution in [-0.2, 0) is 0 Å². The van der Waals surface area contributed by atoms with Crippen molar-refractivity contribution in [3.05, 3.63) is 12.5 Å². The van der Waals surface area contributed by atoms with Crippen molar-refractivity contribution in [2.24, 2.45) is 5.73 Å². The topological polar surface area (TPSA) is 87.9 Å². The first-order valence-corrected chi connectivity index (χ1v) is 5.12. The molecule has 0 amide bonds. The maximum atomic E-state index is 7.29. The molecule has 1 rings (SSSR count). The Hall–Kier alpha value is -1.17. The largest absolute Gasteiger partial charge is 0.432 e. The third-order valence-electron chi connectivity index (χ3n) is 1.44. The molecule has 1 heterocycles. The van der Waals surface area contributed by atoms with E-state index in [0.29, 0.717) is 6.01 Å². The number of thioether (sulfide) groups is 1. The molecule has 0 bridgehead atoms. The lowest BCUT2D eigenvalue weighted by Gasteiger charge is -2.13. The van der Waals surface area contributed by atoms with E-state index < -0.39 is 0 Å². The molecule has 5 nitrogen and oxygen atoms in total. The molecule has 0 radical (unpaired) electrons. The van der Waals surface area contributed by atoms with E-state index in [2.05, 4.69) is 10.3 Å². The minimum absolute atomic E-state index is 0.0903. The van der Waals surface area contributed by atoms with Crippen LogP contribution >= 0.6 is 11.8 Å². The van der Waals surface area contributed by atoms with E-state index >= 15 is 0 Å². The third kappa shape index (κ3) is 2.98. The highest BCUT2D eigenvalue weighted by atomic mass is 32.2. The van der Waals surface area contributed by atoms with Crippen molar-refractivity contribution in [1.82, 2.24) is 4.98 Å². The normalized spacial score (nSPS) is 12.4. The number of nitrogens with zero attached hydrogens (tertiary/aromatic N) is 1. The average Bonchev–Trinajstić information content (AvgIpc) is 2.56. The Bertz CT molecular complexity index is 261. The fourth-order valence-corrected chi connectivity index (χ4v) is 1.42. The van der Waals surface area contributed by atoms with E-state index in [9.17, 15) is 0 Å². The van der Waals surface area contributed by atoms with Crippen LogP contribution in [0.25, 0.3) is 0 Å². The molecular formula is C7H12N4OS. The monoisotopic (exact) mass is 200 g/mol. The van der Waals surface area contributed by atoms with Gasteiger partial charge in [0.15, 0.2) is 0 Å². The van der Waals surface area contributed by atoms with Crippen LogP contribution in [0.1, 0.15) is 0 Å². The molecule has 0 aliphatic rings. The van der Waals surface area contributed by atoms with Gasteiger partial charge in [-0.15, -0.1) is 0 Å². The van der Waals surface area contributed by atoms with Gasteiger partial charge in [-0.2, -0.15) is 11.8 Å². The molecule has 1 aromatic heterocycles. The van der Waals surface area contributed by atoms with Gasteiger partial charge in [0.2, 0.25) is 0 Å². The lowest BCUT2D eigenvalue weighted by Crippen LogP contribution is -2.37. The molecule has 1 aromatic rings. The van der Waals surface area contributed by atoms with Gasteiger partial charge in [-0.25, -0.2) is 4.98 Å². The van der Waals surface area contributed by atoms with E-state index in [1.54, 1.807) is 18.0 Å². The van der Waals surface area contributed by atoms with Crippen molar-refractivity contribution < 1.29 is 4.42 Å². The van der Waals surface area contributed by atoms with Crippen LogP contribution in [0.3, 0.4) is 0 Å². The molecule has 0 aliphatic heterocycles. The standard InChI is InChI=1S/C7H12N4OS/c1-13-4-5(6(8)9)11-7-10-2-3-12-7/h2-3,5H,4H2,1H3,(H3,8,9)(H,10,11). The Balaban J connectivity index is 2.52. The summed E-state index contributed by atoms with van der Waals surface area (Å²) in [5, 5.41) is 10.2. The SMILES string of the molecule is CSCC(Nc1ncco1)C(=N)N. The first kappa shape index (κ1) is 9.91. The lowest BCUT2D eigenvalue weighted by molar-refractivity contribution is 0.569. The summed E-state index contributed by atoms with van der Waals surface area (Å²) in [5.74, 6) is 0.810. The zero-order chi connectivity index (χ0) is 9.68. The number of hydrogen-bond acceptors (Lipinski definition) is 5. The average molecular weight is 200 g/mol. The summed E-state index contributed by atoms with van der Waals surface area (Å²) in [6.45, 7) is 0. The number of aromatic nitrogens is 1. The summed E-state index contributed by atoms with van der Waals surface area (Å²) in [6, 6.07) is 0.183. The molecule has 4 N–H and O–H groups in total. The number of rotatable bonds is 5. The van der Waals surface area contributed by atoms with Gasteiger partial charge in [-0.05, 0) is 6.26 Å². The Labute approximate surface area is 80.6 Å². The number of hydrogen-bond donors (Lipinski definition) is 3. The molecule has 0 spiro atoms. The van der Waals surface area contributed by atoms with E-state index in [0.717, 1.165) is 5.75 Å². The fraction of sp³-hybridized carbons (Fsp3) is 0.429. The summed E-state index contributed by atoms with van der Waals surface area (Å²) in [5.41, 5.74) is 5.38. The molecule has 0 saturated carbocycles. The van der Waals surface area contributed by atoms with Crippen molar-refractivity contribution in [3.63, 3.8) is 0 Å². The van der Waals surface area contributed by atoms with Gasteiger partial charge >= 0.3 is 0 Å². The molecule has 6 heteroatoms. The minimum atomic E-state index is -0.214. The molecule has 0 saturated heterocycles.